The lowest BCUT2D eigenvalue weighted by Gasteiger charge is -2.12. The highest BCUT2D eigenvalue weighted by molar-refractivity contribution is 5.86. The summed E-state index contributed by atoms with van der Waals surface area (Å²) in [5.74, 6) is 0.583. The van der Waals surface area contributed by atoms with Crippen LogP contribution in [0.4, 0.5) is 0 Å². The van der Waals surface area contributed by atoms with Gasteiger partial charge in [-0.15, -0.1) is 12.4 Å². The minimum absolute atomic E-state index is 0. The van der Waals surface area contributed by atoms with Crippen molar-refractivity contribution in [2.24, 2.45) is 5.73 Å². The number of carbonyl (C=O) groups is 1. The van der Waals surface area contributed by atoms with E-state index < -0.39 is 5.97 Å². The van der Waals surface area contributed by atoms with Crippen LogP contribution in [0.25, 0.3) is 0 Å². The number of carbonyl (C=O) groups excluding carboxylic acids is 1. The number of ether oxygens (including phenoxy) is 1. The Morgan fingerprint density at radius 1 is 1.65 bits per heavy atom. The summed E-state index contributed by atoms with van der Waals surface area (Å²) in [6.45, 7) is 2.56. The maximum atomic E-state index is 11.2. The molecule has 1 atom stereocenters. The lowest BCUT2D eigenvalue weighted by atomic mass is 10.3. The second-order valence-electron chi connectivity index (χ2n) is 4.04. The molecule has 1 saturated heterocycles. The lowest BCUT2D eigenvalue weighted by molar-refractivity contribution is 0.0561. The van der Waals surface area contributed by atoms with Crippen molar-refractivity contribution in [3.05, 3.63) is 23.7 Å². The number of furan rings is 1. The number of likely N-dealkylation sites (tertiary alicyclic amines) is 1. The van der Waals surface area contributed by atoms with Crippen molar-refractivity contribution in [3.63, 3.8) is 0 Å². The largest absolute Gasteiger partial charge is 0.463 e. The molecule has 6 heteroatoms. The summed E-state index contributed by atoms with van der Waals surface area (Å²) in [5.41, 5.74) is 5.81. The summed E-state index contributed by atoms with van der Waals surface area (Å²) < 4.78 is 9.95. The van der Waals surface area contributed by atoms with Gasteiger partial charge in [-0.1, -0.05) is 0 Å². The van der Waals surface area contributed by atoms with E-state index in [0.29, 0.717) is 6.54 Å². The van der Waals surface area contributed by atoms with Crippen molar-refractivity contribution in [2.45, 2.75) is 19.0 Å². The van der Waals surface area contributed by atoms with Crippen LogP contribution in [0.1, 0.15) is 22.7 Å². The normalized spacial score (nSPS) is 20.0. The Morgan fingerprint density at radius 3 is 3.00 bits per heavy atom. The fourth-order valence-electron chi connectivity index (χ4n) is 1.90. The zero-order valence-electron chi connectivity index (χ0n) is 9.72. The first-order valence-corrected chi connectivity index (χ1v) is 5.34. The molecule has 2 heterocycles. The van der Waals surface area contributed by atoms with Crippen molar-refractivity contribution in [1.82, 2.24) is 4.90 Å². The molecule has 96 valence electrons. The van der Waals surface area contributed by atoms with Gasteiger partial charge in [0.25, 0.3) is 0 Å². The summed E-state index contributed by atoms with van der Waals surface area (Å²) in [5, 5.41) is 0. The zero-order valence-corrected chi connectivity index (χ0v) is 10.5. The van der Waals surface area contributed by atoms with Gasteiger partial charge in [-0.05, 0) is 18.6 Å². The highest BCUT2D eigenvalue weighted by atomic mass is 35.5. The van der Waals surface area contributed by atoms with Crippen LogP contribution in [-0.2, 0) is 11.3 Å². The molecule has 1 aromatic rings. The minimum Gasteiger partial charge on any atom is -0.463 e. The van der Waals surface area contributed by atoms with E-state index in [1.54, 1.807) is 12.1 Å². The number of methoxy groups -OCH3 is 1. The van der Waals surface area contributed by atoms with Crippen molar-refractivity contribution in [1.29, 1.82) is 0 Å². The molecule has 1 aromatic heterocycles. The first-order chi connectivity index (χ1) is 7.69. The first-order valence-electron chi connectivity index (χ1n) is 5.34. The van der Waals surface area contributed by atoms with Crippen molar-refractivity contribution < 1.29 is 13.9 Å². The molecule has 0 aliphatic carbocycles. The third kappa shape index (κ3) is 3.46. The smallest absolute Gasteiger partial charge is 0.373 e. The third-order valence-corrected chi connectivity index (χ3v) is 2.74. The molecule has 0 aromatic carbocycles. The Kier molecular flexibility index (Phi) is 4.99. The molecule has 1 fully saturated rings. The van der Waals surface area contributed by atoms with Crippen LogP contribution in [0.2, 0.25) is 0 Å². The highest BCUT2D eigenvalue weighted by Gasteiger charge is 2.20. The van der Waals surface area contributed by atoms with Gasteiger partial charge < -0.3 is 14.9 Å². The molecule has 0 radical (unpaired) electrons. The number of nitrogens with two attached hydrogens (primary N) is 1. The molecule has 2 N–H and O–H groups in total. The van der Waals surface area contributed by atoms with Gasteiger partial charge >= 0.3 is 5.97 Å². The fraction of sp³-hybridized carbons (Fsp3) is 0.545. The summed E-state index contributed by atoms with van der Waals surface area (Å²) in [4.78, 5) is 13.4. The van der Waals surface area contributed by atoms with Gasteiger partial charge in [-0.3, -0.25) is 4.90 Å². The van der Waals surface area contributed by atoms with E-state index in [1.807, 2.05) is 0 Å². The van der Waals surface area contributed by atoms with Gasteiger partial charge in [0.15, 0.2) is 0 Å². The molecule has 0 spiro atoms. The molecule has 0 amide bonds. The Bertz CT molecular complexity index is 381. The van der Waals surface area contributed by atoms with E-state index in [2.05, 4.69) is 9.64 Å². The Hall–Kier alpha value is -1.04. The van der Waals surface area contributed by atoms with Crippen molar-refractivity contribution in [3.8, 4) is 0 Å². The highest BCUT2D eigenvalue weighted by Crippen LogP contribution is 2.15. The number of nitrogens with zero attached hydrogens (tertiary/aromatic N) is 1. The quantitative estimate of drug-likeness (QED) is 0.822. The van der Waals surface area contributed by atoms with Gasteiger partial charge in [-0.2, -0.15) is 0 Å². The van der Waals surface area contributed by atoms with E-state index >= 15 is 0 Å². The molecular formula is C11H17ClN2O3. The van der Waals surface area contributed by atoms with Gasteiger partial charge in [-0.25, -0.2) is 4.79 Å². The summed E-state index contributed by atoms with van der Waals surface area (Å²) in [6, 6.07) is 3.70. The van der Waals surface area contributed by atoms with E-state index in [4.69, 9.17) is 10.2 Å². The van der Waals surface area contributed by atoms with Crippen LogP contribution in [0.15, 0.2) is 16.5 Å². The Labute approximate surface area is 106 Å². The van der Waals surface area contributed by atoms with Crippen LogP contribution in [0, 0.1) is 0 Å². The zero-order chi connectivity index (χ0) is 11.5. The van der Waals surface area contributed by atoms with Crippen LogP contribution >= 0.6 is 12.4 Å². The molecule has 0 bridgehead atoms. The van der Waals surface area contributed by atoms with Crippen LogP contribution in [-0.4, -0.2) is 37.1 Å². The SMILES string of the molecule is COC(=O)c1ccc(CN2CC[C@H](N)C2)o1.Cl. The standard InChI is InChI=1S/C11H16N2O3.ClH/c1-15-11(14)10-3-2-9(16-10)7-13-5-4-8(12)6-13;/h2-3,8H,4-7,12H2,1H3;1H/t8-;/m0./s1. The van der Waals surface area contributed by atoms with Crippen LogP contribution < -0.4 is 5.73 Å². The maximum Gasteiger partial charge on any atom is 0.373 e. The third-order valence-electron chi connectivity index (χ3n) is 2.74. The summed E-state index contributed by atoms with van der Waals surface area (Å²) >= 11 is 0. The van der Waals surface area contributed by atoms with Crippen LogP contribution in [0.3, 0.4) is 0 Å². The predicted octanol–water partition coefficient (Wildman–Crippen LogP) is 1.02. The number of hydrogen-bond donors (Lipinski definition) is 1. The first kappa shape index (κ1) is 14.0. The second-order valence-corrected chi connectivity index (χ2v) is 4.04. The minimum atomic E-state index is -0.440. The van der Waals surface area contributed by atoms with Gasteiger partial charge in [0, 0.05) is 19.1 Å². The van der Waals surface area contributed by atoms with Crippen LogP contribution in [0.5, 0.6) is 0 Å². The lowest BCUT2D eigenvalue weighted by Crippen LogP contribution is -2.26. The Balaban J connectivity index is 0.00000144. The number of esters is 1. The summed E-state index contributed by atoms with van der Waals surface area (Å²) in [6.07, 6.45) is 1.02. The molecule has 2 rings (SSSR count). The van der Waals surface area contributed by atoms with Gasteiger partial charge in [0.2, 0.25) is 5.76 Å². The topological polar surface area (TPSA) is 68.7 Å². The number of halogens is 1. The van der Waals surface area contributed by atoms with E-state index in [1.165, 1.54) is 7.11 Å². The van der Waals surface area contributed by atoms with Crippen molar-refractivity contribution >= 4 is 18.4 Å². The molecule has 0 saturated carbocycles. The molecule has 5 nitrogen and oxygen atoms in total. The van der Waals surface area contributed by atoms with E-state index in [0.717, 1.165) is 25.3 Å². The second kappa shape index (κ2) is 6.05. The fourth-order valence-corrected chi connectivity index (χ4v) is 1.90. The molecular weight excluding hydrogens is 244 g/mol. The molecule has 0 unspecified atom stereocenters. The summed E-state index contributed by atoms with van der Waals surface area (Å²) in [7, 11) is 1.34. The average molecular weight is 261 g/mol. The Morgan fingerprint density at radius 2 is 2.41 bits per heavy atom. The van der Waals surface area contributed by atoms with Crippen molar-refractivity contribution in [2.75, 3.05) is 20.2 Å². The van der Waals surface area contributed by atoms with E-state index in [-0.39, 0.29) is 24.2 Å². The predicted molar refractivity (Wildman–Crippen MR) is 65.2 cm³/mol. The monoisotopic (exact) mass is 260 g/mol. The molecule has 1 aliphatic heterocycles. The van der Waals surface area contributed by atoms with E-state index in [9.17, 15) is 4.79 Å². The molecule has 1 aliphatic rings. The number of rotatable bonds is 3. The maximum absolute atomic E-state index is 11.2. The van der Waals surface area contributed by atoms with Gasteiger partial charge in [0.1, 0.15) is 5.76 Å². The van der Waals surface area contributed by atoms with Gasteiger partial charge in [0.05, 0.1) is 13.7 Å². The molecule has 17 heavy (non-hydrogen) atoms. The average Bonchev–Trinajstić information content (AvgIpc) is 2.87. The number of hydrogen-bond acceptors (Lipinski definition) is 5.